The molecule has 0 aliphatic rings. The lowest BCUT2D eigenvalue weighted by Gasteiger charge is -2.06. The lowest BCUT2D eigenvalue weighted by molar-refractivity contribution is -0.138. The number of benzene rings is 2. The van der Waals surface area contributed by atoms with Crippen LogP contribution >= 0.6 is 0 Å². The number of carbonyl (C=O) groups is 1. The molecule has 0 spiro atoms. The summed E-state index contributed by atoms with van der Waals surface area (Å²) in [6.45, 7) is 4.29. The fourth-order valence-corrected chi connectivity index (χ4v) is 2.68. The lowest BCUT2D eigenvalue weighted by Crippen LogP contribution is -2.12. The Morgan fingerprint density at radius 3 is 2.00 bits per heavy atom. The highest BCUT2D eigenvalue weighted by Gasteiger charge is 1.97. The highest BCUT2D eigenvalue weighted by molar-refractivity contribution is 5.66. The number of hydrogen-bond acceptors (Lipinski definition) is 6. The first-order chi connectivity index (χ1) is 16.2. The zero-order valence-corrected chi connectivity index (χ0v) is 18.9. The monoisotopic (exact) mass is 456 g/mol. The fraction of sp³-hybridized carbons (Fsp3) is 0.423. The van der Waals surface area contributed by atoms with Crippen LogP contribution in [0.4, 0.5) is 0 Å². The molecule has 0 fully saturated rings. The summed E-state index contributed by atoms with van der Waals surface area (Å²) in [5, 5.41) is 8.47. The van der Waals surface area contributed by atoms with E-state index in [0.29, 0.717) is 59.5 Å². The topological polar surface area (TPSA) is 83.5 Å². The molecule has 0 aliphatic carbocycles. The molecule has 0 atom stereocenters. The van der Waals surface area contributed by atoms with Crippen molar-refractivity contribution in [3.05, 3.63) is 71.3 Å². The maximum Gasteiger partial charge on any atom is 0.305 e. The van der Waals surface area contributed by atoms with E-state index in [9.17, 15) is 4.79 Å². The summed E-state index contributed by atoms with van der Waals surface area (Å²) in [6, 6.07) is 18.1. The van der Waals surface area contributed by atoms with Gasteiger partial charge in [0.25, 0.3) is 0 Å². The Hall–Kier alpha value is -2.73. The zero-order valence-electron chi connectivity index (χ0n) is 18.9. The molecule has 0 bridgehead atoms. The predicted molar refractivity (Wildman–Crippen MR) is 124 cm³/mol. The summed E-state index contributed by atoms with van der Waals surface area (Å²) >= 11 is 0. The molecule has 178 valence electrons. The molecule has 1 N–H and O–H groups in total. The number of rotatable bonds is 17. The number of hydrogen-bond donors (Lipinski definition) is 1. The standard InChI is InChI=1S/C26H32O7/c27-26(28)11-13-30-15-17-32-19-18-31-16-14-29-12-5-10-23-8-4-9-25(20-23)22-33-21-24-6-2-1-3-7-24/h1-4,6-9,20H,11-19,21-22H2,(H,27,28). The van der Waals surface area contributed by atoms with Crippen molar-refractivity contribution in [1.29, 1.82) is 0 Å². The maximum atomic E-state index is 10.3. The summed E-state index contributed by atoms with van der Waals surface area (Å²) in [4.78, 5) is 10.3. The van der Waals surface area contributed by atoms with Crippen LogP contribution in [-0.4, -0.2) is 63.9 Å². The van der Waals surface area contributed by atoms with E-state index in [1.54, 1.807) is 0 Å². The van der Waals surface area contributed by atoms with Crippen molar-refractivity contribution in [2.45, 2.75) is 19.6 Å². The second-order valence-electron chi connectivity index (χ2n) is 7.01. The Morgan fingerprint density at radius 2 is 1.30 bits per heavy atom. The summed E-state index contributed by atoms with van der Waals surface area (Å²) in [5.41, 5.74) is 3.17. The van der Waals surface area contributed by atoms with E-state index in [4.69, 9.17) is 28.8 Å². The van der Waals surface area contributed by atoms with Gasteiger partial charge in [-0.3, -0.25) is 4.79 Å². The predicted octanol–water partition coefficient (Wildman–Crippen LogP) is 3.30. The van der Waals surface area contributed by atoms with Crippen LogP contribution in [0.1, 0.15) is 23.1 Å². The Kier molecular flexibility index (Phi) is 14.3. The van der Waals surface area contributed by atoms with Gasteiger partial charge < -0.3 is 28.8 Å². The van der Waals surface area contributed by atoms with Crippen molar-refractivity contribution >= 4 is 5.97 Å². The summed E-state index contributed by atoms with van der Waals surface area (Å²) in [5.74, 6) is 5.24. The van der Waals surface area contributed by atoms with Gasteiger partial charge in [-0.05, 0) is 23.3 Å². The Bertz CT molecular complexity index is 842. The molecule has 0 saturated heterocycles. The quantitative estimate of drug-likeness (QED) is 0.289. The number of carboxylic acid groups (broad SMARTS) is 1. The molecule has 0 saturated carbocycles. The molecular weight excluding hydrogens is 424 g/mol. The summed E-state index contributed by atoms with van der Waals surface area (Å²) < 4.78 is 27.1. The Labute approximate surface area is 195 Å². The lowest BCUT2D eigenvalue weighted by atomic mass is 10.1. The van der Waals surface area contributed by atoms with Crippen molar-refractivity contribution in [2.75, 3.05) is 52.9 Å². The van der Waals surface area contributed by atoms with Crippen molar-refractivity contribution in [3.8, 4) is 11.8 Å². The van der Waals surface area contributed by atoms with Crippen LogP contribution < -0.4 is 0 Å². The van der Waals surface area contributed by atoms with Gasteiger partial charge in [0.15, 0.2) is 0 Å². The number of ether oxygens (including phenoxy) is 5. The molecule has 2 aromatic rings. The van der Waals surface area contributed by atoms with Gasteiger partial charge in [-0.15, -0.1) is 0 Å². The van der Waals surface area contributed by atoms with Gasteiger partial charge in [0.05, 0.1) is 65.9 Å². The van der Waals surface area contributed by atoms with E-state index in [-0.39, 0.29) is 13.0 Å². The van der Waals surface area contributed by atoms with Gasteiger partial charge in [0, 0.05) is 5.56 Å². The fourth-order valence-electron chi connectivity index (χ4n) is 2.68. The average molecular weight is 457 g/mol. The SMILES string of the molecule is O=C(O)CCOCCOCCOCCOCC#Cc1cccc(COCc2ccccc2)c1. The third-order valence-corrected chi connectivity index (χ3v) is 4.29. The van der Waals surface area contributed by atoms with E-state index < -0.39 is 5.97 Å². The van der Waals surface area contributed by atoms with Crippen LogP contribution in [-0.2, 0) is 41.7 Å². The zero-order chi connectivity index (χ0) is 23.4. The molecule has 0 aromatic heterocycles. The Balaban J connectivity index is 1.45. The molecule has 0 aliphatic heterocycles. The van der Waals surface area contributed by atoms with Crippen molar-refractivity contribution in [3.63, 3.8) is 0 Å². The highest BCUT2D eigenvalue weighted by Crippen LogP contribution is 2.08. The molecule has 0 heterocycles. The van der Waals surface area contributed by atoms with Gasteiger partial charge in [0.2, 0.25) is 0 Å². The first-order valence-corrected chi connectivity index (χ1v) is 11.0. The van der Waals surface area contributed by atoms with Crippen molar-refractivity contribution in [1.82, 2.24) is 0 Å². The van der Waals surface area contributed by atoms with Crippen molar-refractivity contribution in [2.24, 2.45) is 0 Å². The van der Waals surface area contributed by atoms with Crippen LogP contribution in [0.2, 0.25) is 0 Å². The summed E-state index contributed by atoms with van der Waals surface area (Å²) in [6.07, 6.45) is 0.00399. The first-order valence-electron chi connectivity index (χ1n) is 11.0. The van der Waals surface area contributed by atoms with E-state index in [1.807, 2.05) is 54.6 Å². The first kappa shape index (κ1) is 26.5. The number of carboxylic acids is 1. The van der Waals surface area contributed by atoms with Gasteiger partial charge >= 0.3 is 5.97 Å². The molecule has 0 radical (unpaired) electrons. The molecule has 33 heavy (non-hydrogen) atoms. The second kappa shape index (κ2) is 17.8. The Morgan fingerprint density at radius 1 is 0.697 bits per heavy atom. The smallest absolute Gasteiger partial charge is 0.305 e. The van der Waals surface area contributed by atoms with Crippen LogP contribution in [0.15, 0.2) is 54.6 Å². The molecule has 2 rings (SSSR count). The maximum absolute atomic E-state index is 10.3. The normalized spacial score (nSPS) is 10.5. The molecule has 7 nitrogen and oxygen atoms in total. The highest BCUT2D eigenvalue weighted by atomic mass is 16.6. The van der Waals surface area contributed by atoms with Crippen molar-refractivity contribution < 1.29 is 33.6 Å². The third kappa shape index (κ3) is 14.1. The van der Waals surface area contributed by atoms with E-state index >= 15 is 0 Å². The van der Waals surface area contributed by atoms with Crippen LogP contribution in [0.3, 0.4) is 0 Å². The minimum atomic E-state index is -0.869. The second-order valence-corrected chi connectivity index (χ2v) is 7.01. The van der Waals surface area contributed by atoms with E-state index in [1.165, 1.54) is 0 Å². The minimum absolute atomic E-state index is 0.00399. The van der Waals surface area contributed by atoms with E-state index in [2.05, 4.69) is 11.8 Å². The molecule has 0 amide bonds. The van der Waals surface area contributed by atoms with Gasteiger partial charge in [-0.25, -0.2) is 0 Å². The van der Waals surface area contributed by atoms with Crippen LogP contribution in [0.25, 0.3) is 0 Å². The number of aliphatic carboxylic acids is 1. The van der Waals surface area contributed by atoms with Crippen LogP contribution in [0, 0.1) is 11.8 Å². The molecular formula is C26H32O7. The minimum Gasteiger partial charge on any atom is -0.481 e. The average Bonchev–Trinajstić information content (AvgIpc) is 2.82. The molecule has 0 unspecified atom stereocenters. The largest absolute Gasteiger partial charge is 0.481 e. The molecule has 2 aromatic carbocycles. The van der Waals surface area contributed by atoms with E-state index in [0.717, 1.165) is 16.7 Å². The summed E-state index contributed by atoms with van der Waals surface area (Å²) in [7, 11) is 0. The van der Waals surface area contributed by atoms with Gasteiger partial charge in [-0.1, -0.05) is 54.3 Å². The van der Waals surface area contributed by atoms with Gasteiger partial charge in [0.1, 0.15) is 6.61 Å². The van der Waals surface area contributed by atoms with Gasteiger partial charge in [-0.2, -0.15) is 0 Å². The molecule has 7 heteroatoms. The van der Waals surface area contributed by atoms with Crippen LogP contribution in [0.5, 0.6) is 0 Å². The third-order valence-electron chi connectivity index (χ3n) is 4.29.